The highest BCUT2D eigenvalue weighted by molar-refractivity contribution is 5.93. The number of urea groups is 1. The summed E-state index contributed by atoms with van der Waals surface area (Å²) in [6.07, 6.45) is 7.00. The number of nitrogens with two attached hydrogens (primary N) is 1. The van der Waals surface area contributed by atoms with Gasteiger partial charge in [0.2, 0.25) is 0 Å². The van der Waals surface area contributed by atoms with Gasteiger partial charge in [0.05, 0.1) is 0 Å². The molecule has 0 aliphatic carbocycles. The molecule has 0 spiro atoms. The molecule has 17 heavy (non-hydrogen) atoms. The Kier molecular flexibility index (Phi) is 9.11. The van der Waals surface area contributed by atoms with Crippen LogP contribution in [0.1, 0.15) is 51.9 Å². The molecule has 0 aliphatic rings. The number of primary amides is 1. The van der Waals surface area contributed by atoms with Crippen molar-refractivity contribution < 1.29 is 9.59 Å². The number of hydrogen-bond acceptors (Lipinski definition) is 2. The van der Waals surface area contributed by atoms with Crippen molar-refractivity contribution in [3.05, 3.63) is 12.2 Å². The van der Waals surface area contributed by atoms with E-state index in [2.05, 4.69) is 11.9 Å². The van der Waals surface area contributed by atoms with E-state index in [9.17, 15) is 9.59 Å². The quantitative estimate of drug-likeness (QED) is 0.455. The molecule has 0 atom stereocenters. The Balaban J connectivity index is 3.16. The summed E-state index contributed by atoms with van der Waals surface area (Å²) < 4.78 is 0. The summed E-state index contributed by atoms with van der Waals surface area (Å²) in [4.78, 5) is 21.6. The number of hydrogen-bond donors (Lipinski definition) is 2. The van der Waals surface area contributed by atoms with Crippen molar-refractivity contribution in [3.8, 4) is 0 Å². The third kappa shape index (κ3) is 11.0. The Morgan fingerprint density at radius 2 is 1.59 bits per heavy atom. The third-order valence-electron chi connectivity index (χ3n) is 2.61. The van der Waals surface area contributed by atoms with Crippen molar-refractivity contribution in [2.24, 2.45) is 5.73 Å². The zero-order valence-electron chi connectivity index (χ0n) is 10.8. The molecule has 0 bridgehead atoms. The summed E-state index contributed by atoms with van der Waals surface area (Å²) in [5, 5.41) is 2.56. The predicted octanol–water partition coefficient (Wildman–Crippen LogP) is 2.53. The number of allylic oxidation sites excluding steroid dienone is 1. The number of Topliss-reactive ketones (excluding diaryl/α,β-unsaturated/α-hetero) is 1. The lowest BCUT2D eigenvalue weighted by Gasteiger charge is -2.02. The molecular weight excluding hydrogens is 216 g/mol. The maximum atomic E-state index is 11.2. The summed E-state index contributed by atoms with van der Waals surface area (Å²) in [5.41, 5.74) is 5.59. The van der Waals surface area contributed by atoms with E-state index in [0.29, 0.717) is 18.5 Å². The minimum absolute atomic E-state index is 0.177. The highest BCUT2D eigenvalue weighted by Crippen LogP contribution is 2.08. The van der Waals surface area contributed by atoms with Crippen molar-refractivity contribution in [2.45, 2.75) is 51.9 Å². The molecule has 2 amide bonds. The number of unbranched alkanes of at least 4 members (excludes halogenated alkanes) is 5. The molecule has 0 radical (unpaired) electrons. The lowest BCUT2D eigenvalue weighted by atomic mass is 10.1. The first-order valence-corrected chi connectivity index (χ1v) is 6.26. The smallest absolute Gasteiger partial charge is 0.312 e. The van der Waals surface area contributed by atoms with E-state index in [1.807, 2.05) is 0 Å². The van der Waals surface area contributed by atoms with Gasteiger partial charge in [-0.05, 0) is 25.3 Å². The van der Waals surface area contributed by atoms with Gasteiger partial charge in [0.25, 0.3) is 0 Å². The minimum Gasteiger partial charge on any atom is -0.352 e. The zero-order chi connectivity index (χ0) is 13.1. The number of carbonyl (C=O) groups is 2. The average Bonchev–Trinajstić information content (AvgIpc) is 2.25. The van der Waals surface area contributed by atoms with Crippen LogP contribution in [0.25, 0.3) is 0 Å². The van der Waals surface area contributed by atoms with E-state index in [1.165, 1.54) is 0 Å². The van der Waals surface area contributed by atoms with Crippen LogP contribution in [-0.4, -0.2) is 18.4 Å². The van der Waals surface area contributed by atoms with E-state index < -0.39 is 6.03 Å². The first kappa shape index (κ1) is 15.7. The number of carbonyl (C=O) groups excluding carboxylic acids is 2. The normalized spacial score (nSPS) is 9.94. The summed E-state index contributed by atoms with van der Waals surface area (Å²) in [7, 11) is 0. The summed E-state index contributed by atoms with van der Waals surface area (Å²) >= 11 is 0. The Bertz CT molecular complexity index is 262. The molecule has 3 N–H and O–H groups in total. The molecule has 0 aromatic heterocycles. The molecule has 0 fully saturated rings. The molecule has 0 aromatic carbocycles. The van der Waals surface area contributed by atoms with E-state index in [4.69, 9.17) is 5.73 Å². The second-order valence-electron chi connectivity index (χ2n) is 4.37. The van der Waals surface area contributed by atoms with E-state index in [-0.39, 0.29) is 5.78 Å². The molecular formula is C13H24N2O2. The summed E-state index contributed by atoms with van der Waals surface area (Å²) in [5.74, 6) is 0.177. The number of rotatable bonds is 10. The highest BCUT2D eigenvalue weighted by Gasteiger charge is 2.01. The van der Waals surface area contributed by atoms with Gasteiger partial charge in [-0.15, -0.1) is 0 Å². The van der Waals surface area contributed by atoms with Gasteiger partial charge in [-0.3, -0.25) is 4.79 Å². The first-order valence-electron chi connectivity index (χ1n) is 6.26. The van der Waals surface area contributed by atoms with E-state index >= 15 is 0 Å². The van der Waals surface area contributed by atoms with Crippen molar-refractivity contribution >= 4 is 11.8 Å². The predicted molar refractivity (Wildman–Crippen MR) is 69.7 cm³/mol. The van der Waals surface area contributed by atoms with Crippen LogP contribution in [0.3, 0.4) is 0 Å². The number of amides is 2. The molecule has 4 nitrogen and oxygen atoms in total. The Labute approximate surface area is 104 Å². The van der Waals surface area contributed by atoms with Crippen LogP contribution in [0, 0.1) is 0 Å². The topological polar surface area (TPSA) is 72.2 Å². The molecule has 0 heterocycles. The summed E-state index contributed by atoms with van der Waals surface area (Å²) in [6.45, 7) is 6.04. The van der Waals surface area contributed by atoms with Crippen LogP contribution in [0.2, 0.25) is 0 Å². The van der Waals surface area contributed by atoms with Gasteiger partial charge >= 0.3 is 6.03 Å². The van der Waals surface area contributed by atoms with Crippen molar-refractivity contribution in [3.63, 3.8) is 0 Å². The van der Waals surface area contributed by atoms with Crippen LogP contribution >= 0.6 is 0 Å². The van der Waals surface area contributed by atoms with E-state index in [1.54, 1.807) is 6.92 Å². The maximum absolute atomic E-state index is 11.2. The fraction of sp³-hybridized carbons (Fsp3) is 0.692. The lowest BCUT2D eigenvalue weighted by molar-refractivity contribution is -0.115. The van der Waals surface area contributed by atoms with Gasteiger partial charge in [-0.25, -0.2) is 4.79 Å². The van der Waals surface area contributed by atoms with Crippen LogP contribution in [0.4, 0.5) is 4.79 Å². The fourth-order valence-corrected chi connectivity index (χ4v) is 1.54. The minimum atomic E-state index is -0.455. The van der Waals surface area contributed by atoms with Gasteiger partial charge in [0, 0.05) is 13.0 Å². The second-order valence-corrected chi connectivity index (χ2v) is 4.37. The van der Waals surface area contributed by atoms with Crippen molar-refractivity contribution in [1.29, 1.82) is 0 Å². The molecule has 98 valence electrons. The van der Waals surface area contributed by atoms with E-state index in [0.717, 1.165) is 38.5 Å². The Morgan fingerprint density at radius 1 is 1.06 bits per heavy atom. The molecule has 4 heteroatoms. The molecule has 0 aromatic rings. The van der Waals surface area contributed by atoms with Crippen LogP contribution in [-0.2, 0) is 4.79 Å². The SMILES string of the molecule is C=C(C)C(=O)CCCCCCCCNC(N)=O. The standard InChI is InChI=1S/C13H24N2O2/c1-11(2)12(16)9-7-5-3-4-6-8-10-15-13(14)17/h1,3-10H2,2H3,(H3,14,15,17). The Hall–Kier alpha value is -1.32. The molecule has 0 saturated heterocycles. The van der Waals surface area contributed by atoms with Crippen LogP contribution in [0.15, 0.2) is 12.2 Å². The van der Waals surface area contributed by atoms with Crippen molar-refractivity contribution in [1.82, 2.24) is 5.32 Å². The van der Waals surface area contributed by atoms with Gasteiger partial charge in [-0.1, -0.05) is 32.3 Å². The van der Waals surface area contributed by atoms with Crippen LogP contribution in [0.5, 0.6) is 0 Å². The Morgan fingerprint density at radius 3 is 2.12 bits per heavy atom. The molecule has 0 aliphatic heterocycles. The zero-order valence-corrected chi connectivity index (χ0v) is 10.8. The number of ketones is 1. The van der Waals surface area contributed by atoms with Gasteiger partial charge < -0.3 is 11.1 Å². The second kappa shape index (κ2) is 9.87. The van der Waals surface area contributed by atoms with Crippen molar-refractivity contribution in [2.75, 3.05) is 6.54 Å². The maximum Gasteiger partial charge on any atom is 0.312 e. The molecule has 0 rings (SSSR count). The lowest BCUT2D eigenvalue weighted by Crippen LogP contribution is -2.29. The largest absolute Gasteiger partial charge is 0.352 e. The van der Waals surface area contributed by atoms with Crippen LogP contribution < -0.4 is 11.1 Å². The highest BCUT2D eigenvalue weighted by atomic mass is 16.2. The fourth-order valence-electron chi connectivity index (χ4n) is 1.54. The van der Waals surface area contributed by atoms with Gasteiger partial charge in [-0.2, -0.15) is 0 Å². The third-order valence-corrected chi connectivity index (χ3v) is 2.61. The monoisotopic (exact) mass is 240 g/mol. The molecule has 0 saturated carbocycles. The average molecular weight is 240 g/mol. The number of nitrogens with one attached hydrogen (secondary N) is 1. The van der Waals surface area contributed by atoms with Gasteiger partial charge in [0.1, 0.15) is 0 Å². The van der Waals surface area contributed by atoms with Gasteiger partial charge in [0.15, 0.2) is 5.78 Å². The first-order chi connectivity index (χ1) is 8.04. The summed E-state index contributed by atoms with van der Waals surface area (Å²) in [6, 6.07) is -0.455. The molecule has 0 unspecified atom stereocenters.